The van der Waals surface area contributed by atoms with E-state index in [0.717, 1.165) is 41.9 Å². The van der Waals surface area contributed by atoms with Crippen LogP contribution in [0.4, 0.5) is 0 Å². The van der Waals surface area contributed by atoms with Crippen molar-refractivity contribution in [2.24, 2.45) is 7.05 Å². The van der Waals surface area contributed by atoms with Gasteiger partial charge in [0.1, 0.15) is 5.01 Å². The molecular formula is C19H20N4OS. The number of para-hydroxylation sites is 1. The Kier molecular flexibility index (Phi) is 4.36. The average Bonchev–Trinajstić information content (AvgIpc) is 3.25. The monoisotopic (exact) mass is 352 g/mol. The van der Waals surface area contributed by atoms with E-state index >= 15 is 0 Å². The third-order valence-electron chi connectivity index (χ3n) is 4.52. The fourth-order valence-corrected chi connectivity index (χ4v) is 4.39. The lowest BCUT2D eigenvalue weighted by atomic mass is 10.0. The molecule has 4 rings (SSSR count). The van der Waals surface area contributed by atoms with Crippen LogP contribution in [0.15, 0.2) is 42.7 Å². The van der Waals surface area contributed by atoms with E-state index in [1.54, 1.807) is 28.3 Å². The Morgan fingerprint density at radius 3 is 3.00 bits per heavy atom. The largest absolute Gasteiger partial charge is 0.330 e. The van der Waals surface area contributed by atoms with Crippen LogP contribution in [0.3, 0.4) is 0 Å². The molecule has 0 unspecified atom stereocenters. The van der Waals surface area contributed by atoms with Gasteiger partial charge in [0.15, 0.2) is 0 Å². The standard InChI is InChI=1S/C19H20N4OS/c1-22-13-14(12-20-22)9-10-18(24)23-11-5-4-7-16(23)19-21-15-6-2-3-8-17(15)25-19/h2-3,6,8-10,12-13,16H,4-5,7,11H2,1H3/b10-9-/t16-/m1/s1. The van der Waals surface area contributed by atoms with Gasteiger partial charge in [-0.15, -0.1) is 11.3 Å². The van der Waals surface area contributed by atoms with Crippen molar-refractivity contribution >= 4 is 33.5 Å². The maximum Gasteiger partial charge on any atom is 0.247 e. The van der Waals surface area contributed by atoms with E-state index < -0.39 is 0 Å². The van der Waals surface area contributed by atoms with Crippen LogP contribution in [0.1, 0.15) is 35.9 Å². The first kappa shape index (κ1) is 16.0. The molecule has 1 aliphatic heterocycles. The summed E-state index contributed by atoms with van der Waals surface area (Å²) in [7, 11) is 1.87. The highest BCUT2D eigenvalue weighted by Gasteiger charge is 2.29. The first-order valence-corrected chi connectivity index (χ1v) is 9.35. The molecule has 1 atom stereocenters. The molecule has 2 aromatic heterocycles. The van der Waals surface area contributed by atoms with E-state index in [-0.39, 0.29) is 11.9 Å². The number of rotatable bonds is 3. The fraction of sp³-hybridized carbons (Fsp3) is 0.316. The second-order valence-electron chi connectivity index (χ2n) is 6.34. The summed E-state index contributed by atoms with van der Waals surface area (Å²) in [6.45, 7) is 0.788. The molecule has 5 nitrogen and oxygen atoms in total. The lowest BCUT2D eigenvalue weighted by Crippen LogP contribution is -2.37. The van der Waals surface area contributed by atoms with Gasteiger partial charge in [-0.05, 0) is 37.5 Å². The normalized spacial score (nSPS) is 18.3. The van der Waals surface area contributed by atoms with E-state index in [1.165, 1.54) is 4.70 Å². The maximum atomic E-state index is 12.8. The van der Waals surface area contributed by atoms with E-state index in [9.17, 15) is 4.79 Å². The molecule has 25 heavy (non-hydrogen) atoms. The van der Waals surface area contributed by atoms with E-state index in [4.69, 9.17) is 4.98 Å². The van der Waals surface area contributed by atoms with Gasteiger partial charge in [0, 0.05) is 31.4 Å². The number of hydrogen-bond acceptors (Lipinski definition) is 4. The highest BCUT2D eigenvalue weighted by Crippen LogP contribution is 2.35. The zero-order valence-electron chi connectivity index (χ0n) is 14.1. The molecule has 1 aromatic carbocycles. The lowest BCUT2D eigenvalue weighted by molar-refractivity contribution is -0.129. The Morgan fingerprint density at radius 1 is 1.32 bits per heavy atom. The van der Waals surface area contributed by atoms with Crippen molar-refractivity contribution in [3.05, 3.63) is 53.3 Å². The summed E-state index contributed by atoms with van der Waals surface area (Å²) >= 11 is 1.70. The SMILES string of the molecule is Cn1cc(/C=C\C(=O)N2CCCC[C@@H]2c2nc3ccccc3s2)cn1. The summed E-state index contributed by atoms with van der Waals surface area (Å²) in [6, 6.07) is 8.24. The van der Waals surface area contributed by atoms with Crippen molar-refractivity contribution in [3.8, 4) is 0 Å². The van der Waals surface area contributed by atoms with Crippen LogP contribution >= 0.6 is 11.3 Å². The molecule has 1 fully saturated rings. The summed E-state index contributed by atoms with van der Waals surface area (Å²) < 4.78 is 2.91. The molecule has 1 amide bonds. The van der Waals surface area contributed by atoms with Crippen molar-refractivity contribution in [1.82, 2.24) is 19.7 Å². The van der Waals surface area contributed by atoms with Crippen LogP contribution in [0.5, 0.6) is 0 Å². The predicted molar refractivity (Wildman–Crippen MR) is 100 cm³/mol. The van der Waals surface area contributed by atoms with Gasteiger partial charge < -0.3 is 4.90 Å². The molecule has 1 aliphatic rings. The first-order valence-electron chi connectivity index (χ1n) is 8.53. The van der Waals surface area contributed by atoms with Gasteiger partial charge in [-0.1, -0.05) is 12.1 Å². The van der Waals surface area contributed by atoms with Crippen LogP contribution in [0, 0.1) is 0 Å². The molecule has 0 radical (unpaired) electrons. The Balaban J connectivity index is 1.57. The summed E-state index contributed by atoms with van der Waals surface area (Å²) in [4.78, 5) is 19.5. The van der Waals surface area contributed by atoms with Crippen LogP contribution in [0.25, 0.3) is 16.3 Å². The number of thiazole rings is 1. The van der Waals surface area contributed by atoms with Gasteiger partial charge in [-0.2, -0.15) is 5.10 Å². The number of aryl methyl sites for hydroxylation is 1. The molecule has 3 aromatic rings. The van der Waals surface area contributed by atoms with Crippen LogP contribution < -0.4 is 0 Å². The number of nitrogens with zero attached hydrogens (tertiary/aromatic N) is 4. The summed E-state index contributed by atoms with van der Waals surface area (Å²) in [5, 5.41) is 5.17. The van der Waals surface area contributed by atoms with E-state index in [0.29, 0.717) is 0 Å². The van der Waals surface area contributed by atoms with Crippen molar-refractivity contribution in [1.29, 1.82) is 0 Å². The summed E-state index contributed by atoms with van der Waals surface area (Å²) in [5.74, 6) is 0.0489. The van der Waals surface area contributed by atoms with Crippen molar-refractivity contribution in [3.63, 3.8) is 0 Å². The van der Waals surface area contributed by atoms with Gasteiger partial charge in [-0.3, -0.25) is 9.48 Å². The Hall–Kier alpha value is -2.47. The highest BCUT2D eigenvalue weighted by molar-refractivity contribution is 7.18. The summed E-state index contributed by atoms with van der Waals surface area (Å²) in [5.41, 5.74) is 1.95. The Morgan fingerprint density at radius 2 is 2.20 bits per heavy atom. The second kappa shape index (κ2) is 6.80. The van der Waals surface area contributed by atoms with Crippen molar-refractivity contribution < 1.29 is 4.79 Å². The number of amides is 1. The second-order valence-corrected chi connectivity index (χ2v) is 7.41. The molecule has 6 heteroatoms. The molecule has 0 N–H and O–H groups in total. The number of piperidine rings is 1. The minimum absolute atomic E-state index is 0.0489. The smallest absolute Gasteiger partial charge is 0.247 e. The lowest BCUT2D eigenvalue weighted by Gasteiger charge is -2.33. The minimum Gasteiger partial charge on any atom is -0.330 e. The zero-order valence-corrected chi connectivity index (χ0v) is 14.9. The van der Waals surface area contributed by atoms with E-state index in [1.807, 2.05) is 42.4 Å². The molecule has 0 spiro atoms. The van der Waals surface area contributed by atoms with Gasteiger partial charge in [0.05, 0.1) is 22.5 Å². The first-order chi connectivity index (χ1) is 12.2. The quantitative estimate of drug-likeness (QED) is 0.674. The number of benzene rings is 1. The summed E-state index contributed by atoms with van der Waals surface area (Å²) in [6.07, 6.45) is 10.3. The molecule has 0 saturated carbocycles. The molecule has 0 aliphatic carbocycles. The van der Waals surface area contributed by atoms with Gasteiger partial charge in [0.2, 0.25) is 5.91 Å². The number of fused-ring (bicyclic) bond motifs is 1. The van der Waals surface area contributed by atoms with E-state index in [2.05, 4.69) is 11.2 Å². The average molecular weight is 352 g/mol. The van der Waals surface area contributed by atoms with Crippen molar-refractivity contribution in [2.45, 2.75) is 25.3 Å². The third kappa shape index (κ3) is 3.35. The van der Waals surface area contributed by atoms with Gasteiger partial charge in [-0.25, -0.2) is 4.98 Å². The number of aromatic nitrogens is 3. The zero-order chi connectivity index (χ0) is 17.2. The number of hydrogen-bond donors (Lipinski definition) is 0. The Bertz CT molecular complexity index is 893. The Labute approximate surface area is 150 Å². The van der Waals surface area contributed by atoms with Crippen LogP contribution in [-0.4, -0.2) is 32.1 Å². The molecule has 0 bridgehead atoms. The number of carbonyl (C=O) groups is 1. The third-order valence-corrected chi connectivity index (χ3v) is 5.66. The van der Waals surface area contributed by atoms with Crippen LogP contribution in [0.2, 0.25) is 0 Å². The molecule has 1 saturated heterocycles. The minimum atomic E-state index is 0.0489. The van der Waals surface area contributed by atoms with Gasteiger partial charge in [0.25, 0.3) is 0 Å². The van der Waals surface area contributed by atoms with Gasteiger partial charge >= 0.3 is 0 Å². The fourth-order valence-electron chi connectivity index (χ4n) is 3.27. The number of carbonyl (C=O) groups excluding carboxylic acids is 1. The molecular weight excluding hydrogens is 332 g/mol. The van der Waals surface area contributed by atoms with Crippen molar-refractivity contribution in [2.75, 3.05) is 6.54 Å². The maximum absolute atomic E-state index is 12.8. The molecule has 3 heterocycles. The topological polar surface area (TPSA) is 51.0 Å². The number of likely N-dealkylation sites (tertiary alicyclic amines) is 1. The highest BCUT2D eigenvalue weighted by atomic mass is 32.1. The van der Waals surface area contributed by atoms with Crippen LogP contribution in [-0.2, 0) is 11.8 Å². The predicted octanol–water partition coefficient (Wildman–Crippen LogP) is 3.80. The molecule has 128 valence electrons.